The Morgan fingerprint density at radius 3 is 2.68 bits per heavy atom. The van der Waals surface area contributed by atoms with Gasteiger partial charge in [-0.15, -0.1) is 0 Å². The number of aromatic nitrogens is 2. The molecule has 4 saturated heterocycles. The molecule has 4 fully saturated rings. The molecule has 4 unspecified atom stereocenters. The van der Waals surface area contributed by atoms with Gasteiger partial charge in [-0.25, -0.2) is 9.18 Å². The van der Waals surface area contributed by atoms with Crippen LogP contribution in [0.15, 0.2) is 0 Å². The number of piperazine rings is 1. The van der Waals surface area contributed by atoms with E-state index in [4.69, 9.17) is 19.4 Å². The van der Waals surface area contributed by atoms with Crippen molar-refractivity contribution < 1.29 is 18.7 Å². The van der Waals surface area contributed by atoms with Crippen molar-refractivity contribution in [2.75, 3.05) is 44.4 Å². The summed E-state index contributed by atoms with van der Waals surface area (Å²) in [5.74, 6) is 0.955. The molecule has 2 bridgehead atoms. The average Bonchev–Trinajstić information content (AvgIpc) is 3.51. The van der Waals surface area contributed by atoms with Gasteiger partial charge < -0.3 is 19.7 Å². The summed E-state index contributed by atoms with van der Waals surface area (Å²) in [6.07, 6.45) is 6.62. The fourth-order valence-corrected chi connectivity index (χ4v) is 7.31. The van der Waals surface area contributed by atoms with E-state index < -0.39 is 5.60 Å². The molecule has 9 nitrogen and oxygen atoms in total. The monoisotopic (exact) mass is 516 g/mol. The molecule has 0 spiro atoms. The van der Waals surface area contributed by atoms with Gasteiger partial charge in [0, 0.05) is 31.2 Å². The van der Waals surface area contributed by atoms with E-state index in [2.05, 4.69) is 15.1 Å². The number of anilines is 1. The number of fused-ring (bicyclic) bond motifs is 4. The van der Waals surface area contributed by atoms with Crippen LogP contribution < -0.4 is 15.0 Å². The first-order chi connectivity index (χ1) is 17.8. The first-order valence-corrected chi connectivity index (χ1v) is 14.1. The van der Waals surface area contributed by atoms with Crippen LogP contribution in [-0.2, 0) is 17.7 Å². The summed E-state index contributed by atoms with van der Waals surface area (Å²) in [6, 6.07) is 0.677. The van der Waals surface area contributed by atoms with Crippen LogP contribution in [0.25, 0.3) is 0 Å². The number of hydrogen-bond donors (Lipinski definition) is 1. The van der Waals surface area contributed by atoms with E-state index in [1.54, 1.807) is 0 Å². The largest absolute Gasteiger partial charge is 0.461 e. The topological polar surface area (TPSA) is 83.1 Å². The highest BCUT2D eigenvalue weighted by molar-refractivity contribution is 5.70. The minimum Gasteiger partial charge on any atom is -0.461 e. The molecule has 10 heteroatoms. The molecule has 37 heavy (non-hydrogen) atoms. The summed E-state index contributed by atoms with van der Waals surface area (Å²) in [6.45, 7) is 9.99. The zero-order valence-electron chi connectivity index (χ0n) is 22.5. The summed E-state index contributed by atoms with van der Waals surface area (Å²) in [5, 5.41) is 3.43. The molecule has 4 atom stereocenters. The number of carbonyl (C=O) groups excluding carboxylic acids is 1. The number of nitrogens with zero attached hydrogens (tertiary/aromatic N) is 5. The van der Waals surface area contributed by atoms with Gasteiger partial charge in [0.1, 0.15) is 24.7 Å². The number of alkyl halides is 1. The number of carbonyl (C=O) groups is 1. The smallest absolute Gasteiger partial charge is 0.410 e. The molecule has 0 aromatic carbocycles. The Hall–Kier alpha value is -2.20. The van der Waals surface area contributed by atoms with Crippen molar-refractivity contribution in [1.29, 1.82) is 0 Å². The van der Waals surface area contributed by atoms with Crippen molar-refractivity contribution in [3.8, 4) is 6.01 Å². The molecule has 6 heterocycles. The Bertz CT molecular complexity index is 1020. The van der Waals surface area contributed by atoms with Gasteiger partial charge in [-0.05, 0) is 78.8 Å². The van der Waals surface area contributed by atoms with Gasteiger partial charge in [0.05, 0.1) is 23.3 Å². The van der Waals surface area contributed by atoms with E-state index in [1.807, 2.05) is 25.7 Å². The lowest BCUT2D eigenvalue weighted by Gasteiger charge is -2.42. The predicted octanol–water partition coefficient (Wildman–Crippen LogP) is 3.06. The Morgan fingerprint density at radius 1 is 1.16 bits per heavy atom. The number of hydrogen-bond acceptors (Lipinski definition) is 8. The molecule has 5 aliphatic rings. The number of amides is 1. The second-order valence-corrected chi connectivity index (χ2v) is 12.5. The quantitative estimate of drug-likeness (QED) is 0.640. The second kappa shape index (κ2) is 9.52. The Morgan fingerprint density at radius 2 is 1.95 bits per heavy atom. The minimum atomic E-state index is -0.503. The number of ether oxygens (including phenoxy) is 2. The lowest BCUT2D eigenvalue weighted by molar-refractivity contribution is 0.0122. The molecule has 0 saturated carbocycles. The Labute approximate surface area is 219 Å². The first-order valence-electron chi connectivity index (χ1n) is 14.1. The maximum atomic E-state index is 13.6. The first kappa shape index (κ1) is 25.1. The summed E-state index contributed by atoms with van der Waals surface area (Å²) in [7, 11) is 0. The van der Waals surface area contributed by atoms with Crippen molar-refractivity contribution in [2.24, 2.45) is 0 Å². The lowest BCUT2D eigenvalue weighted by atomic mass is 9.95. The second-order valence-electron chi connectivity index (χ2n) is 12.5. The van der Waals surface area contributed by atoms with Gasteiger partial charge >= 0.3 is 12.1 Å². The summed E-state index contributed by atoms with van der Waals surface area (Å²) in [5.41, 5.74) is 1.60. The molecule has 0 radical (unpaired) electrons. The summed E-state index contributed by atoms with van der Waals surface area (Å²) >= 11 is 0. The van der Waals surface area contributed by atoms with Gasteiger partial charge in [-0.3, -0.25) is 9.80 Å². The third kappa shape index (κ3) is 4.64. The van der Waals surface area contributed by atoms with Crippen LogP contribution >= 0.6 is 0 Å². The molecule has 1 amide bonds. The predicted molar refractivity (Wildman–Crippen MR) is 138 cm³/mol. The van der Waals surface area contributed by atoms with Gasteiger partial charge in [0.2, 0.25) is 0 Å². The standard InChI is InChI=1S/C27H41FN6O3/c1-26(2,3)37-25(35)34-19-5-6-20(34)16-32(15-19)23-21-8-11-29-14-22(21)30-24(31-23)36-17-27-9-4-12-33(27)18(13-28)7-10-27/h18-20,29H,4-17H2,1-3H3. The zero-order chi connectivity index (χ0) is 25.8. The van der Waals surface area contributed by atoms with Crippen LogP contribution in [0.3, 0.4) is 0 Å². The Kier molecular flexibility index (Phi) is 6.46. The van der Waals surface area contributed by atoms with Gasteiger partial charge in [0.15, 0.2) is 0 Å². The van der Waals surface area contributed by atoms with Crippen molar-refractivity contribution in [3.05, 3.63) is 11.3 Å². The van der Waals surface area contributed by atoms with Crippen LogP contribution in [0.4, 0.5) is 15.0 Å². The normalized spacial score (nSPS) is 31.4. The van der Waals surface area contributed by atoms with E-state index in [0.717, 1.165) is 82.6 Å². The van der Waals surface area contributed by atoms with Crippen molar-refractivity contribution >= 4 is 11.9 Å². The molecule has 1 aromatic heterocycles. The molecule has 1 aromatic rings. The fraction of sp³-hybridized carbons (Fsp3) is 0.815. The highest BCUT2D eigenvalue weighted by Crippen LogP contribution is 2.43. The number of halogens is 1. The van der Waals surface area contributed by atoms with E-state index in [1.165, 1.54) is 5.56 Å². The zero-order valence-corrected chi connectivity index (χ0v) is 22.5. The van der Waals surface area contributed by atoms with Gasteiger partial charge in [-0.1, -0.05) is 0 Å². The SMILES string of the molecule is CC(C)(C)OC(=O)N1C2CCC1CN(c1nc(OCC34CCCN3C(CF)CC4)nc3c1CCNC3)C2. The van der Waals surface area contributed by atoms with E-state index in [9.17, 15) is 9.18 Å². The Balaban J connectivity index is 1.22. The van der Waals surface area contributed by atoms with Crippen LogP contribution in [0, 0.1) is 0 Å². The highest BCUT2D eigenvalue weighted by atomic mass is 19.1. The van der Waals surface area contributed by atoms with Crippen LogP contribution in [0.5, 0.6) is 6.01 Å². The molecule has 0 aliphatic carbocycles. The minimum absolute atomic E-state index is 0.0204. The van der Waals surface area contributed by atoms with Crippen LogP contribution in [-0.4, -0.2) is 94.6 Å². The molecule has 1 N–H and O–H groups in total. The summed E-state index contributed by atoms with van der Waals surface area (Å²) in [4.78, 5) is 29.4. The highest BCUT2D eigenvalue weighted by Gasteiger charge is 2.50. The average molecular weight is 517 g/mol. The fourth-order valence-electron chi connectivity index (χ4n) is 7.31. The van der Waals surface area contributed by atoms with E-state index >= 15 is 0 Å². The van der Waals surface area contributed by atoms with E-state index in [0.29, 0.717) is 19.2 Å². The van der Waals surface area contributed by atoms with Crippen molar-refractivity contribution in [3.63, 3.8) is 0 Å². The molecule has 6 rings (SSSR count). The van der Waals surface area contributed by atoms with E-state index in [-0.39, 0.29) is 36.4 Å². The molecule has 204 valence electrons. The maximum absolute atomic E-state index is 13.6. The lowest BCUT2D eigenvalue weighted by Crippen LogP contribution is -2.57. The van der Waals surface area contributed by atoms with Crippen LogP contribution in [0.1, 0.15) is 70.6 Å². The maximum Gasteiger partial charge on any atom is 0.410 e. The van der Waals surface area contributed by atoms with Crippen molar-refractivity contribution in [1.82, 2.24) is 25.1 Å². The van der Waals surface area contributed by atoms with Gasteiger partial charge in [0.25, 0.3) is 0 Å². The van der Waals surface area contributed by atoms with Crippen molar-refractivity contribution in [2.45, 2.75) is 102 Å². The third-order valence-electron chi connectivity index (χ3n) is 8.96. The number of rotatable bonds is 5. The number of nitrogens with one attached hydrogen (secondary N) is 1. The summed E-state index contributed by atoms with van der Waals surface area (Å²) < 4.78 is 25.7. The molecular formula is C27H41FN6O3. The molecule has 5 aliphatic heterocycles. The van der Waals surface area contributed by atoms with Gasteiger partial charge in [-0.2, -0.15) is 9.97 Å². The van der Waals surface area contributed by atoms with Crippen LogP contribution in [0.2, 0.25) is 0 Å². The molecular weight excluding hydrogens is 475 g/mol. The third-order valence-corrected chi connectivity index (χ3v) is 8.96.